The molecule has 1 rings (SSSR count). The summed E-state index contributed by atoms with van der Waals surface area (Å²) in [4.78, 5) is 23.3. The van der Waals surface area contributed by atoms with Crippen molar-refractivity contribution in [3.63, 3.8) is 0 Å². The topological polar surface area (TPSA) is 83.8 Å². The Balaban J connectivity index is 2.42. The first kappa shape index (κ1) is 23.8. The molecule has 0 heterocycles. The van der Waals surface area contributed by atoms with Crippen LogP contribution in [0.2, 0.25) is 0 Å². The molecule has 1 saturated carbocycles. The molecule has 0 aromatic heterocycles. The van der Waals surface area contributed by atoms with Crippen LogP contribution in [0.15, 0.2) is 12.2 Å². The Morgan fingerprint density at radius 1 is 1.26 bits per heavy atom. The summed E-state index contributed by atoms with van der Waals surface area (Å²) in [5.74, 6) is -0.305. The minimum absolute atomic E-state index is 0.127. The normalized spacial score (nSPS) is 25.1. The van der Waals surface area contributed by atoms with E-state index in [1.807, 2.05) is 19.1 Å². The van der Waals surface area contributed by atoms with Crippen molar-refractivity contribution in [3.8, 4) is 0 Å². The summed E-state index contributed by atoms with van der Waals surface area (Å²) in [7, 11) is 1.40. The van der Waals surface area contributed by atoms with E-state index >= 15 is 0 Å². The third kappa shape index (κ3) is 9.02. The molecule has 0 spiro atoms. The van der Waals surface area contributed by atoms with Crippen molar-refractivity contribution in [2.45, 2.75) is 96.2 Å². The summed E-state index contributed by atoms with van der Waals surface area (Å²) in [5.41, 5.74) is -0.727. The zero-order valence-electron chi connectivity index (χ0n) is 17.3. The molecular weight excluding hydrogens is 344 g/mol. The van der Waals surface area contributed by atoms with Gasteiger partial charge in [0.1, 0.15) is 5.78 Å². The minimum Gasteiger partial charge on any atom is -0.469 e. The Kier molecular flexibility index (Phi) is 10.9. The molecule has 0 radical (unpaired) electrons. The molecule has 1 fully saturated rings. The quantitative estimate of drug-likeness (QED) is 0.286. The number of rotatable bonds is 13. The lowest BCUT2D eigenvalue weighted by atomic mass is 9.87. The van der Waals surface area contributed by atoms with Gasteiger partial charge < -0.3 is 14.9 Å². The molecule has 4 unspecified atom stereocenters. The van der Waals surface area contributed by atoms with E-state index in [1.54, 1.807) is 0 Å². The number of ether oxygens (including phenoxy) is 1. The fraction of sp³-hybridized carbons (Fsp3) is 0.818. The van der Waals surface area contributed by atoms with Crippen LogP contribution in [0, 0.1) is 11.8 Å². The molecule has 1 aliphatic carbocycles. The Morgan fingerprint density at radius 2 is 1.96 bits per heavy atom. The van der Waals surface area contributed by atoms with Gasteiger partial charge in [-0.05, 0) is 32.6 Å². The Labute approximate surface area is 164 Å². The van der Waals surface area contributed by atoms with Crippen LogP contribution in [-0.4, -0.2) is 40.8 Å². The summed E-state index contributed by atoms with van der Waals surface area (Å²) >= 11 is 0. The lowest BCUT2D eigenvalue weighted by molar-refractivity contribution is -0.140. The van der Waals surface area contributed by atoms with E-state index < -0.39 is 11.7 Å². The van der Waals surface area contributed by atoms with Crippen molar-refractivity contribution in [2.75, 3.05) is 7.11 Å². The lowest BCUT2D eigenvalue weighted by Gasteiger charge is -2.22. The van der Waals surface area contributed by atoms with Crippen LogP contribution >= 0.6 is 0 Å². The molecular formula is C22H38O5. The van der Waals surface area contributed by atoms with Gasteiger partial charge in [0.15, 0.2) is 0 Å². The first-order chi connectivity index (χ1) is 12.8. The van der Waals surface area contributed by atoms with Gasteiger partial charge in [0.25, 0.3) is 0 Å². The average Bonchev–Trinajstić information content (AvgIpc) is 2.89. The molecule has 0 aromatic carbocycles. The molecule has 0 saturated heterocycles. The highest BCUT2D eigenvalue weighted by molar-refractivity contribution is 5.84. The molecule has 0 aliphatic heterocycles. The first-order valence-corrected chi connectivity index (χ1v) is 10.5. The molecule has 4 atom stereocenters. The molecule has 1 aliphatic rings. The van der Waals surface area contributed by atoms with Crippen LogP contribution in [0.25, 0.3) is 0 Å². The van der Waals surface area contributed by atoms with Gasteiger partial charge in [0.05, 0.1) is 18.8 Å². The first-order valence-electron chi connectivity index (χ1n) is 10.5. The predicted molar refractivity (Wildman–Crippen MR) is 106 cm³/mol. The molecule has 0 amide bonds. The fourth-order valence-corrected chi connectivity index (χ4v) is 3.82. The van der Waals surface area contributed by atoms with Gasteiger partial charge in [0.2, 0.25) is 0 Å². The van der Waals surface area contributed by atoms with Gasteiger partial charge in [-0.25, -0.2) is 0 Å². The van der Waals surface area contributed by atoms with Crippen molar-refractivity contribution in [3.05, 3.63) is 12.2 Å². The summed E-state index contributed by atoms with van der Waals surface area (Å²) in [6.45, 7) is 3.95. The Bertz CT molecular complexity index is 483. The Hall–Kier alpha value is -1.20. The zero-order chi connectivity index (χ0) is 20.3. The van der Waals surface area contributed by atoms with E-state index in [0.717, 1.165) is 51.4 Å². The van der Waals surface area contributed by atoms with Crippen molar-refractivity contribution in [1.29, 1.82) is 0 Å². The number of aliphatic hydroxyl groups is 2. The van der Waals surface area contributed by atoms with Gasteiger partial charge in [-0.15, -0.1) is 0 Å². The van der Waals surface area contributed by atoms with Crippen LogP contribution in [-0.2, 0) is 14.3 Å². The SMILES string of the molecule is CCCCC(C)(O)C/C=C\C1C(O)CC(=O)C1CCCCCCC(=O)OC. The number of hydrogen-bond donors (Lipinski definition) is 2. The number of hydrogen-bond acceptors (Lipinski definition) is 5. The number of esters is 1. The second-order valence-electron chi connectivity index (χ2n) is 8.18. The van der Waals surface area contributed by atoms with Crippen LogP contribution in [0.4, 0.5) is 0 Å². The third-order valence-electron chi connectivity index (χ3n) is 5.59. The number of unbranched alkanes of at least 4 members (excludes halogenated alkanes) is 4. The second kappa shape index (κ2) is 12.3. The standard InChI is InChI=1S/C22H38O5/c1-4-5-14-22(2,26)15-10-12-18-17(19(23)16-20(18)24)11-8-6-7-9-13-21(25)27-3/h10,12,17-18,20,24,26H,4-9,11,13-16H2,1-3H3/b12-10-. The van der Waals surface area contributed by atoms with Crippen LogP contribution in [0.1, 0.15) is 84.5 Å². The maximum Gasteiger partial charge on any atom is 0.305 e. The van der Waals surface area contributed by atoms with E-state index in [4.69, 9.17) is 0 Å². The predicted octanol–water partition coefficient (Wildman–Crippen LogP) is 3.95. The fourth-order valence-electron chi connectivity index (χ4n) is 3.82. The molecule has 156 valence electrons. The van der Waals surface area contributed by atoms with E-state index in [2.05, 4.69) is 11.7 Å². The summed E-state index contributed by atoms with van der Waals surface area (Å²) in [6, 6.07) is 0. The van der Waals surface area contributed by atoms with Gasteiger partial charge in [-0.2, -0.15) is 0 Å². The summed E-state index contributed by atoms with van der Waals surface area (Å²) in [6.07, 6.45) is 11.7. The average molecular weight is 383 g/mol. The maximum atomic E-state index is 12.2. The lowest BCUT2D eigenvalue weighted by Crippen LogP contribution is -2.23. The van der Waals surface area contributed by atoms with Crippen LogP contribution in [0.3, 0.4) is 0 Å². The molecule has 5 heteroatoms. The van der Waals surface area contributed by atoms with Crippen molar-refractivity contribution < 1.29 is 24.5 Å². The summed E-state index contributed by atoms with van der Waals surface area (Å²) in [5, 5.41) is 20.6. The number of carbonyl (C=O) groups is 2. The van der Waals surface area contributed by atoms with E-state index in [-0.39, 0.29) is 30.0 Å². The number of aliphatic hydroxyl groups excluding tert-OH is 1. The van der Waals surface area contributed by atoms with E-state index in [1.165, 1.54) is 7.11 Å². The maximum absolute atomic E-state index is 12.2. The highest BCUT2D eigenvalue weighted by Crippen LogP contribution is 2.34. The monoisotopic (exact) mass is 382 g/mol. The number of methoxy groups -OCH3 is 1. The molecule has 5 nitrogen and oxygen atoms in total. The van der Waals surface area contributed by atoms with Crippen molar-refractivity contribution >= 4 is 11.8 Å². The van der Waals surface area contributed by atoms with Gasteiger partial charge >= 0.3 is 5.97 Å². The smallest absolute Gasteiger partial charge is 0.305 e. The van der Waals surface area contributed by atoms with Crippen LogP contribution in [0.5, 0.6) is 0 Å². The number of carbonyl (C=O) groups excluding carboxylic acids is 2. The molecule has 0 aromatic rings. The third-order valence-corrected chi connectivity index (χ3v) is 5.59. The van der Waals surface area contributed by atoms with Gasteiger partial charge in [-0.3, -0.25) is 9.59 Å². The Morgan fingerprint density at radius 3 is 2.63 bits per heavy atom. The molecule has 0 bridgehead atoms. The molecule has 27 heavy (non-hydrogen) atoms. The minimum atomic E-state index is -0.727. The van der Waals surface area contributed by atoms with Gasteiger partial charge in [0, 0.05) is 24.7 Å². The number of Topliss-reactive ketones (excluding diaryl/α,β-unsaturated/α-hetero) is 1. The highest BCUT2D eigenvalue weighted by atomic mass is 16.5. The summed E-state index contributed by atoms with van der Waals surface area (Å²) < 4.78 is 4.62. The van der Waals surface area contributed by atoms with Crippen molar-refractivity contribution in [2.24, 2.45) is 11.8 Å². The van der Waals surface area contributed by atoms with E-state index in [9.17, 15) is 19.8 Å². The van der Waals surface area contributed by atoms with Crippen molar-refractivity contribution in [1.82, 2.24) is 0 Å². The van der Waals surface area contributed by atoms with Crippen LogP contribution < -0.4 is 0 Å². The zero-order valence-corrected chi connectivity index (χ0v) is 17.3. The van der Waals surface area contributed by atoms with E-state index in [0.29, 0.717) is 12.8 Å². The second-order valence-corrected chi connectivity index (χ2v) is 8.18. The number of ketones is 1. The molecule has 2 N–H and O–H groups in total. The van der Waals surface area contributed by atoms with Gasteiger partial charge in [-0.1, -0.05) is 51.2 Å². The largest absolute Gasteiger partial charge is 0.469 e. The highest BCUT2D eigenvalue weighted by Gasteiger charge is 2.39.